The molecule has 2 saturated heterocycles. The molecule has 4 aliphatic rings. The SMILES string of the molecule is C/C=C(\C)C(=O)OC1C(=O)[C@@H]2OC[C@]3(C(=O)OC)[C@H](OC(C)=O)C[C@H](OC(=O)/C(C)=C/C)[C@@]4(CO[C@](O)(C(=O)OC)[C@@H]14)[C@@H]23. The Morgan fingerprint density at radius 3 is 1.95 bits per heavy atom. The van der Waals surface area contributed by atoms with Crippen molar-refractivity contribution < 1.29 is 67.0 Å². The predicted molar refractivity (Wildman–Crippen MR) is 140 cm³/mol. The van der Waals surface area contributed by atoms with E-state index in [9.17, 15) is 33.9 Å². The Labute approximate surface area is 247 Å². The number of hydrogen-bond acceptors (Lipinski definition) is 14. The molecule has 0 aromatic rings. The summed E-state index contributed by atoms with van der Waals surface area (Å²) < 4.78 is 38.9. The number of hydrogen-bond donors (Lipinski definition) is 1. The van der Waals surface area contributed by atoms with Crippen molar-refractivity contribution in [2.75, 3.05) is 27.4 Å². The maximum atomic E-state index is 14.2. The van der Waals surface area contributed by atoms with Gasteiger partial charge in [-0.15, -0.1) is 0 Å². The van der Waals surface area contributed by atoms with Crippen LogP contribution in [0.5, 0.6) is 0 Å². The first kappa shape index (κ1) is 32.3. The van der Waals surface area contributed by atoms with E-state index in [1.54, 1.807) is 13.8 Å². The molecular formula is C29H36O14. The van der Waals surface area contributed by atoms with Crippen molar-refractivity contribution in [3.8, 4) is 0 Å². The van der Waals surface area contributed by atoms with Crippen molar-refractivity contribution in [1.82, 2.24) is 0 Å². The van der Waals surface area contributed by atoms with E-state index in [-0.39, 0.29) is 17.6 Å². The second-order valence-electron chi connectivity index (χ2n) is 11.2. The molecule has 236 valence electrons. The molecule has 1 spiro atoms. The highest BCUT2D eigenvalue weighted by Crippen LogP contribution is 2.69. The smallest absolute Gasteiger partial charge is 0.366 e. The molecule has 4 fully saturated rings. The average Bonchev–Trinajstić information content (AvgIpc) is 3.55. The quantitative estimate of drug-likeness (QED) is 0.237. The number of carbonyl (C=O) groups excluding carboxylic acids is 6. The molecule has 14 nitrogen and oxygen atoms in total. The van der Waals surface area contributed by atoms with Crippen LogP contribution < -0.4 is 0 Å². The molecule has 1 N–H and O–H groups in total. The minimum atomic E-state index is -2.90. The maximum Gasteiger partial charge on any atom is 0.366 e. The van der Waals surface area contributed by atoms with Gasteiger partial charge in [0.15, 0.2) is 6.10 Å². The molecule has 2 heterocycles. The lowest BCUT2D eigenvalue weighted by molar-refractivity contribution is -0.253. The third-order valence-electron chi connectivity index (χ3n) is 9.29. The number of esters is 5. The van der Waals surface area contributed by atoms with Crippen LogP contribution in [0.2, 0.25) is 0 Å². The summed E-state index contributed by atoms with van der Waals surface area (Å²) >= 11 is 0. The zero-order chi connectivity index (χ0) is 32.1. The lowest BCUT2D eigenvalue weighted by Gasteiger charge is -2.59. The first-order valence-corrected chi connectivity index (χ1v) is 13.7. The summed E-state index contributed by atoms with van der Waals surface area (Å²) in [5.41, 5.74) is -3.36. The van der Waals surface area contributed by atoms with Crippen LogP contribution in [-0.4, -0.2) is 98.4 Å². The van der Waals surface area contributed by atoms with Gasteiger partial charge in [-0.2, -0.15) is 0 Å². The van der Waals surface area contributed by atoms with Crippen LogP contribution in [0.4, 0.5) is 0 Å². The molecule has 0 radical (unpaired) electrons. The summed E-state index contributed by atoms with van der Waals surface area (Å²) in [6.45, 7) is 6.18. The van der Waals surface area contributed by atoms with E-state index >= 15 is 0 Å². The van der Waals surface area contributed by atoms with Gasteiger partial charge >= 0.3 is 29.8 Å². The Morgan fingerprint density at radius 1 is 0.837 bits per heavy atom. The van der Waals surface area contributed by atoms with Gasteiger partial charge in [0.1, 0.15) is 23.7 Å². The number of methoxy groups -OCH3 is 2. The van der Waals surface area contributed by atoms with E-state index < -0.39 is 102 Å². The molecule has 0 aromatic heterocycles. The molecule has 43 heavy (non-hydrogen) atoms. The van der Waals surface area contributed by atoms with E-state index in [1.165, 1.54) is 26.0 Å². The van der Waals surface area contributed by atoms with Crippen LogP contribution in [0, 0.1) is 22.7 Å². The van der Waals surface area contributed by atoms with E-state index in [0.29, 0.717) is 0 Å². The van der Waals surface area contributed by atoms with Crippen molar-refractivity contribution in [2.45, 2.75) is 71.2 Å². The normalized spacial score (nSPS) is 38.4. The highest BCUT2D eigenvalue weighted by Gasteiger charge is 2.85. The summed E-state index contributed by atoms with van der Waals surface area (Å²) in [6.07, 6.45) is -3.49. The van der Waals surface area contributed by atoms with Gasteiger partial charge in [0, 0.05) is 30.4 Å². The molecule has 2 aliphatic carbocycles. The first-order chi connectivity index (χ1) is 20.2. The van der Waals surface area contributed by atoms with Crippen LogP contribution in [-0.2, 0) is 61.9 Å². The molecule has 0 aromatic carbocycles. The lowest BCUT2D eigenvalue weighted by Crippen LogP contribution is -2.74. The molecule has 2 aliphatic heterocycles. The number of Topliss-reactive ketones (excluding diaryl/α,β-unsaturated/α-hetero) is 1. The lowest BCUT2D eigenvalue weighted by atomic mass is 9.44. The summed E-state index contributed by atoms with van der Waals surface area (Å²) in [6, 6.07) is 0. The Balaban J connectivity index is 2.04. The number of aliphatic hydroxyl groups is 1. The fourth-order valence-corrected chi connectivity index (χ4v) is 7.12. The van der Waals surface area contributed by atoms with Gasteiger partial charge in [-0.05, 0) is 27.7 Å². The minimum absolute atomic E-state index is 0.117. The first-order valence-electron chi connectivity index (χ1n) is 13.7. The van der Waals surface area contributed by atoms with Gasteiger partial charge < -0.3 is 38.3 Å². The predicted octanol–water partition coefficient (Wildman–Crippen LogP) is 0.329. The highest BCUT2D eigenvalue weighted by atomic mass is 16.7. The van der Waals surface area contributed by atoms with Gasteiger partial charge in [-0.3, -0.25) is 14.4 Å². The van der Waals surface area contributed by atoms with Crippen LogP contribution in [0.3, 0.4) is 0 Å². The fourth-order valence-electron chi connectivity index (χ4n) is 7.12. The number of allylic oxidation sites excluding steroid dienone is 2. The number of rotatable bonds is 7. The van der Waals surface area contributed by atoms with Crippen LogP contribution >= 0.6 is 0 Å². The second-order valence-corrected chi connectivity index (χ2v) is 11.2. The van der Waals surface area contributed by atoms with E-state index in [1.807, 2.05) is 0 Å². The summed E-state index contributed by atoms with van der Waals surface area (Å²) in [4.78, 5) is 79.5. The zero-order valence-corrected chi connectivity index (χ0v) is 25.0. The number of ketones is 1. The Bertz CT molecular complexity index is 1300. The largest absolute Gasteiger partial charge is 0.468 e. The van der Waals surface area contributed by atoms with Gasteiger partial charge in [-0.25, -0.2) is 14.4 Å². The molecule has 0 bridgehead atoms. The molecular weight excluding hydrogens is 572 g/mol. The average molecular weight is 609 g/mol. The molecule has 1 unspecified atom stereocenters. The molecule has 2 saturated carbocycles. The van der Waals surface area contributed by atoms with Gasteiger partial charge in [-0.1, -0.05) is 12.2 Å². The van der Waals surface area contributed by atoms with Crippen LogP contribution in [0.15, 0.2) is 23.3 Å². The summed E-state index contributed by atoms with van der Waals surface area (Å²) in [5, 5.41) is 11.8. The summed E-state index contributed by atoms with van der Waals surface area (Å²) in [7, 11) is 2.08. The van der Waals surface area contributed by atoms with E-state index in [4.69, 9.17) is 33.2 Å². The van der Waals surface area contributed by atoms with Gasteiger partial charge in [0.05, 0.1) is 38.8 Å². The van der Waals surface area contributed by atoms with Crippen LogP contribution in [0.1, 0.15) is 41.0 Å². The standard InChI is InChI=1S/C29H36O14/c1-8-13(3)23(32)42-16-10-17(41-15(5)30)28(25(34)37-6)11-39-19-18(31)20(43-24(33)14(4)9-2)22-27(16,21(19)28)12-40-29(22,36)26(35)38-7/h8-9,16-17,19-22,36H,10-12H2,1-7H3/b13-8+,14-9+/t16-,17+,19-,20?,21+,22-,27-,28-,29-/m0/s1. The van der Waals surface area contributed by atoms with Crippen LogP contribution in [0.25, 0.3) is 0 Å². The van der Waals surface area contributed by atoms with Crippen molar-refractivity contribution in [3.63, 3.8) is 0 Å². The Kier molecular flexibility index (Phi) is 8.61. The molecule has 4 rings (SSSR count). The van der Waals surface area contributed by atoms with Crippen molar-refractivity contribution in [1.29, 1.82) is 0 Å². The monoisotopic (exact) mass is 608 g/mol. The van der Waals surface area contributed by atoms with E-state index in [0.717, 1.165) is 21.1 Å². The van der Waals surface area contributed by atoms with Crippen molar-refractivity contribution in [3.05, 3.63) is 23.3 Å². The Hall–Kier alpha value is -3.62. The highest BCUT2D eigenvalue weighted by molar-refractivity contribution is 5.97. The van der Waals surface area contributed by atoms with Gasteiger partial charge in [0.25, 0.3) is 5.79 Å². The topological polar surface area (TPSA) is 187 Å². The third kappa shape index (κ3) is 4.57. The third-order valence-corrected chi connectivity index (χ3v) is 9.29. The molecule has 9 atom stereocenters. The van der Waals surface area contributed by atoms with Crippen molar-refractivity contribution in [2.24, 2.45) is 22.7 Å². The number of ether oxygens (including phenoxy) is 7. The summed E-state index contributed by atoms with van der Waals surface area (Å²) in [5.74, 6) is -11.6. The van der Waals surface area contributed by atoms with Crippen molar-refractivity contribution >= 4 is 35.6 Å². The zero-order valence-electron chi connectivity index (χ0n) is 25.0. The minimum Gasteiger partial charge on any atom is -0.468 e. The molecule has 0 amide bonds. The Morgan fingerprint density at radius 2 is 1.42 bits per heavy atom. The van der Waals surface area contributed by atoms with E-state index in [2.05, 4.69) is 0 Å². The molecule has 14 heteroatoms. The maximum absolute atomic E-state index is 14.2. The number of carbonyl (C=O) groups is 6. The fraction of sp³-hybridized carbons (Fsp3) is 0.655. The second kappa shape index (κ2) is 11.5. The van der Waals surface area contributed by atoms with Gasteiger partial charge in [0.2, 0.25) is 5.78 Å².